The van der Waals surface area contributed by atoms with Gasteiger partial charge >= 0.3 is 118 Å². The topological polar surface area (TPSA) is 107 Å². The van der Waals surface area contributed by atoms with Gasteiger partial charge < -0.3 is 23.1 Å². The molecular weight excluding hydrogens is 200 g/mol. The van der Waals surface area contributed by atoms with E-state index in [0.29, 0.717) is 0 Å². The van der Waals surface area contributed by atoms with Gasteiger partial charge in [0.05, 0.1) is 0 Å². The first-order valence-electron chi connectivity index (χ1n) is 1.43. The molecule has 0 atom stereocenters. The Morgan fingerprint density at radius 3 is 1.08 bits per heavy atom. The van der Waals surface area contributed by atoms with Crippen LogP contribution in [-0.2, 0) is 4.79 Å². The quantitative estimate of drug-likeness (QED) is 0.277. The van der Waals surface area contributed by atoms with Crippen LogP contribution in [0.5, 0.6) is 0 Å². The standard InChI is InChI=1S/C2H4O2.C2H4.2H3N.4Na.4H/c1-2(3)4;1-2;;;;;;;;;;/h1H3,(H,3,4);1-2H2;2*1H3;;;;;;;;/q;;;;4*+1;4*-1. The molecule has 0 bridgehead atoms. The third-order valence-corrected chi connectivity index (χ3v) is 0. The fourth-order valence-electron chi connectivity index (χ4n) is 0. The number of carboxylic acids is 1. The molecule has 0 fully saturated rings. The first kappa shape index (κ1) is 59.4. The normalized spacial score (nSPS) is 2.42. The first-order valence-corrected chi connectivity index (χ1v) is 1.43. The van der Waals surface area contributed by atoms with Crippen molar-refractivity contribution in [1.82, 2.24) is 12.3 Å². The van der Waals surface area contributed by atoms with Gasteiger partial charge in [-0.3, -0.25) is 4.79 Å². The zero-order valence-corrected chi connectivity index (χ0v) is 17.2. The minimum absolute atomic E-state index is 0. The predicted octanol–water partition coefficient (Wildman–Crippen LogP) is -10.3. The molecule has 7 N–H and O–H groups in total. The van der Waals surface area contributed by atoms with Crippen LogP contribution in [0.4, 0.5) is 0 Å². The molecule has 0 amide bonds. The number of hydrogen-bond acceptors (Lipinski definition) is 3. The number of hydrogen-bond donors (Lipinski definition) is 3. The fourth-order valence-corrected chi connectivity index (χ4v) is 0. The third-order valence-electron chi connectivity index (χ3n) is 0. The zero-order valence-electron chi connectivity index (χ0n) is 13.2. The minimum atomic E-state index is -0.833. The smallest absolute Gasteiger partial charge is 1.00 e. The van der Waals surface area contributed by atoms with Gasteiger partial charge in [0.1, 0.15) is 0 Å². The maximum atomic E-state index is 9.00. The Morgan fingerprint density at radius 1 is 1.08 bits per heavy atom. The van der Waals surface area contributed by atoms with Gasteiger partial charge in [0.2, 0.25) is 0 Å². The largest absolute Gasteiger partial charge is 1.00 e. The van der Waals surface area contributed by atoms with Crippen molar-refractivity contribution in [2.75, 3.05) is 0 Å². The molecule has 12 heavy (non-hydrogen) atoms. The molecule has 0 radical (unpaired) electrons. The Morgan fingerprint density at radius 2 is 1.08 bits per heavy atom. The summed E-state index contributed by atoms with van der Waals surface area (Å²) in [5.74, 6) is -0.833. The summed E-state index contributed by atoms with van der Waals surface area (Å²) in [6.07, 6.45) is 0. The van der Waals surface area contributed by atoms with Crippen LogP contribution < -0.4 is 131 Å². The Kier molecular flexibility index (Phi) is 321. The van der Waals surface area contributed by atoms with E-state index in [4.69, 9.17) is 9.90 Å². The summed E-state index contributed by atoms with van der Waals surface area (Å²) in [5.41, 5.74) is 0. The maximum absolute atomic E-state index is 9.00. The average Bonchev–Trinajstić information content (AvgIpc) is 1.41. The summed E-state index contributed by atoms with van der Waals surface area (Å²) >= 11 is 0. The van der Waals surface area contributed by atoms with Crippen LogP contribution in [0.1, 0.15) is 12.6 Å². The molecule has 0 heterocycles. The van der Waals surface area contributed by atoms with Crippen molar-refractivity contribution in [2.24, 2.45) is 0 Å². The predicted molar refractivity (Wildman–Crippen MR) is 39.1 cm³/mol. The van der Waals surface area contributed by atoms with E-state index in [1.807, 2.05) is 0 Å². The van der Waals surface area contributed by atoms with E-state index >= 15 is 0 Å². The fraction of sp³-hybridized carbons (Fsp3) is 0.250. The zero-order chi connectivity index (χ0) is 5.58. The minimum Gasteiger partial charge on any atom is -1.00 e. The van der Waals surface area contributed by atoms with Gasteiger partial charge in [0.15, 0.2) is 0 Å². The van der Waals surface area contributed by atoms with E-state index in [9.17, 15) is 0 Å². The van der Waals surface area contributed by atoms with Gasteiger partial charge in [-0.1, -0.05) is 0 Å². The van der Waals surface area contributed by atoms with Crippen molar-refractivity contribution < 1.29 is 134 Å². The second-order valence-corrected chi connectivity index (χ2v) is 0.519. The van der Waals surface area contributed by atoms with Crippen LogP contribution in [0, 0.1) is 0 Å². The summed E-state index contributed by atoms with van der Waals surface area (Å²) in [5, 5.41) is 7.42. The van der Waals surface area contributed by atoms with Crippen LogP contribution in [0.15, 0.2) is 13.2 Å². The van der Waals surface area contributed by atoms with E-state index in [-0.39, 0.29) is 136 Å². The monoisotopic (exact) mass is 218 g/mol. The van der Waals surface area contributed by atoms with Crippen LogP contribution in [0.25, 0.3) is 0 Å². The molecule has 0 aliphatic rings. The molecule has 0 spiro atoms. The van der Waals surface area contributed by atoms with Crippen molar-refractivity contribution in [3.05, 3.63) is 13.2 Å². The van der Waals surface area contributed by atoms with E-state index in [1.54, 1.807) is 0 Å². The molecule has 0 saturated heterocycles. The number of carbonyl (C=O) groups is 1. The summed E-state index contributed by atoms with van der Waals surface area (Å²) in [6.45, 7) is 7.08. The molecule has 0 saturated carbocycles. The molecule has 0 aliphatic heterocycles. The van der Waals surface area contributed by atoms with Crippen LogP contribution in [0.3, 0.4) is 0 Å². The van der Waals surface area contributed by atoms with Gasteiger partial charge in [-0.25, -0.2) is 0 Å². The van der Waals surface area contributed by atoms with Gasteiger partial charge in [-0.05, 0) is 0 Å². The van der Waals surface area contributed by atoms with E-state index in [2.05, 4.69) is 13.2 Å². The van der Waals surface area contributed by atoms with Gasteiger partial charge in [0, 0.05) is 6.92 Å². The molecule has 0 aromatic carbocycles. The van der Waals surface area contributed by atoms with Crippen molar-refractivity contribution >= 4 is 5.97 Å². The molecule has 0 unspecified atom stereocenters. The Bertz CT molecular complexity index is 67.3. The van der Waals surface area contributed by atoms with E-state index in [0.717, 1.165) is 6.92 Å². The average molecular weight is 218 g/mol. The van der Waals surface area contributed by atoms with Crippen molar-refractivity contribution in [3.8, 4) is 0 Å². The third kappa shape index (κ3) is 197. The van der Waals surface area contributed by atoms with E-state index in [1.165, 1.54) is 0 Å². The van der Waals surface area contributed by atoms with Crippen molar-refractivity contribution in [2.45, 2.75) is 6.92 Å². The number of rotatable bonds is 0. The van der Waals surface area contributed by atoms with Gasteiger partial charge in [-0.15, -0.1) is 13.2 Å². The molecule has 8 heteroatoms. The Balaban J connectivity index is -0.00000000129. The van der Waals surface area contributed by atoms with Crippen LogP contribution in [0.2, 0.25) is 0 Å². The summed E-state index contributed by atoms with van der Waals surface area (Å²) in [7, 11) is 0. The van der Waals surface area contributed by atoms with Crippen LogP contribution in [-0.4, -0.2) is 11.1 Å². The summed E-state index contributed by atoms with van der Waals surface area (Å²) in [4.78, 5) is 9.00. The second-order valence-electron chi connectivity index (χ2n) is 0.519. The molecule has 0 aliphatic carbocycles. The van der Waals surface area contributed by atoms with E-state index < -0.39 is 5.97 Å². The van der Waals surface area contributed by atoms with Crippen LogP contribution >= 0.6 is 0 Å². The van der Waals surface area contributed by atoms with Crippen molar-refractivity contribution in [1.29, 1.82) is 0 Å². The van der Waals surface area contributed by atoms with Crippen molar-refractivity contribution in [3.63, 3.8) is 0 Å². The number of carboxylic acid groups (broad SMARTS) is 1. The molecule has 60 valence electrons. The SMILES string of the molecule is C=C.CC(=O)O.N.N.[H-].[H-].[H-].[H-].[Na+].[Na+].[Na+].[Na+]. The number of aliphatic carboxylic acids is 1. The molecule has 0 aromatic rings. The van der Waals surface area contributed by atoms with Gasteiger partial charge in [0.25, 0.3) is 5.97 Å². The molecule has 0 aromatic heterocycles. The molecule has 4 nitrogen and oxygen atoms in total. The van der Waals surface area contributed by atoms with Gasteiger partial charge in [-0.2, -0.15) is 0 Å². The summed E-state index contributed by atoms with van der Waals surface area (Å²) in [6, 6.07) is 0. The first-order chi connectivity index (χ1) is 2.73. The Labute approximate surface area is 169 Å². The Hall–Kier alpha value is 3.13. The molecule has 0 rings (SSSR count). The second kappa shape index (κ2) is 64.8. The molecular formula is C4H18N2Na4O2. The maximum Gasteiger partial charge on any atom is 1.00 e. The summed E-state index contributed by atoms with van der Waals surface area (Å²) < 4.78 is 0.